The number of benzene rings is 1. The molecule has 1 N–H and O–H groups in total. The van der Waals surface area contributed by atoms with Gasteiger partial charge in [-0.2, -0.15) is 0 Å². The SMILES string of the molecule is CCC(CNCC(C)C)CC1Cc2ccccc2O1. The van der Waals surface area contributed by atoms with Crippen molar-refractivity contribution in [3.63, 3.8) is 0 Å². The second-order valence-electron chi connectivity index (χ2n) is 6.11. The summed E-state index contributed by atoms with van der Waals surface area (Å²) in [6.45, 7) is 9.02. The maximum atomic E-state index is 6.04. The Hall–Kier alpha value is -1.02. The molecule has 1 heterocycles. The quantitative estimate of drug-likeness (QED) is 0.809. The Morgan fingerprint density at radius 3 is 2.74 bits per heavy atom. The average molecular weight is 261 g/mol. The first-order valence-electron chi connectivity index (χ1n) is 7.64. The highest BCUT2D eigenvalue weighted by Crippen LogP contribution is 2.31. The third-order valence-corrected chi connectivity index (χ3v) is 3.87. The first kappa shape index (κ1) is 14.4. The van der Waals surface area contributed by atoms with Crippen molar-refractivity contribution in [1.29, 1.82) is 0 Å². The van der Waals surface area contributed by atoms with Crippen molar-refractivity contribution in [2.45, 2.75) is 46.1 Å². The highest BCUT2D eigenvalue weighted by Gasteiger charge is 2.24. The molecule has 19 heavy (non-hydrogen) atoms. The number of ether oxygens (including phenoxy) is 1. The van der Waals surface area contributed by atoms with E-state index < -0.39 is 0 Å². The molecule has 106 valence electrons. The molecule has 0 amide bonds. The zero-order chi connectivity index (χ0) is 13.7. The van der Waals surface area contributed by atoms with Gasteiger partial charge in [-0.05, 0) is 43.0 Å². The zero-order valence-electron chi connectivity index (χ0n) is 12.5. The number of para-hydroxylation sites is 1. The summed E-state index contributed by atoms with van der Waals surface area (Å²) in [5.41, 5.74) is 1.37. The molecule has 0 saturated heterocycles. The lowest BCUT2D eigenvalue weighted by Crippen LogP contribution is -2.29. The van der Waals surface area contributed by atoms with Crippen LogP contribution in [0.25, 0.3) is 0 Å². The molecule has 2 atom stereocenters. The molecule has 0 saturated carbocycles. The van der Waals surface area contributed by atoms with Crippen LogP contribution in [-0.2, 0) is 6.42 Å². The van der Waals surface area contributed by atoms with Crippen LogP contribution in [0.1, 0.15) is 39.2 Å². The minimum absolute atomic E-state index is 0.378. The maximum Gasteiger partial charge on any atom is 0.123 e. The highest BCUT2D eigenvalue weighted by molar-refractivity contribution is 5.37. The molecule has 0 radical (unpaired) electrons. The molecule has 0 fully saturated rings. The minimum Gasteiger partial charge on any atom is -0.490 e. The van der Waals surface area contributed by atoms with E-state index in [4.69, 9.17) is 4.74 Å². The van der Waals surface area contributed by atoms with Gasteiger partial charge in [-0.25, -0.2) is 0 Å². The van der Waals surface area contributed by atoms with Crippen molar-refractivity contribution < 1.29 is 4.74 Å². The molecule has 1 aromatic carbocycles. The van der Waals surface area contributed by atoms with Crippen LogP contribution in [0.5, 0.6) is 5.75 Å². The van der Waals surface area contributed by atoms with Gasteiger partial charge in [-0.15, -0.1) is 0 Å². The number of rotatable bonds is 7. The highest BCUT2D eigenvalue weighted by atomic mass is 16.5. The van der Waals surface area contributed by atoms with E-state index in [0.29, 0.717) is 6.10 Å². The summed E-state index contributed by atoms with van der Waals surface area (Å²) >= 11 is 0. The molecular weight excluding hydrogens is 234 g/mol. The van der Waals surface area contributed by atoms with Gasteiger partial charge in [-0.3, -0.25) is 0 Å². The van der Waals surface area contributed by atoms with Crippen LogP contribution in [0.3, 0.4) is 0 Å². The van der Waals surface area contributed by atoms with E-state index in [0.717, 1.165) is 43.5 Å². The van der Waals surface area contributed by atoms with E-state index in [1.54, 1.807) is 0 Å². The van der Waals surface area contributed by atoms with Crippen LogP contribution < -0.4 is 10.1 Å². The van der Waals surface area contributed by atoms with Crippen molar-refractivity contribution in [2.24, 2.45) is 11.8 Å². The standard InChI is InChI=1S/C17H27NO/c1-4-14(12-18-11-13(2)3)9-16-10-15-7-5-6-8-17(15)19-16/h5-8,13-14,16,18H,4,9-12H2,1-3H3. The second kappa shape index (κ2) is 6.95. The van der Waals surface area contributed by atoms with E-state index >= 15 is 0 Å². The lowest BCUT2D eigenvalue weighted by Gasteiger charge is -2.20. The van der Waals surface area contributed by atoms with Crippen molar-refractivity contribution >= 4 is 0 Å². The zero-order valence-corrected chi connectivity index (χ0v) is 12.5. The molecule has 1 aliphatic rings. The van der Waals surface area contributed by atoms with Crippen LogP contribution in [0, 0.1) is 11.8 Å². The molecule has 2 nitrogen and oxygen atoms in total. The van der Waals surface area contributed by atoms with Gasteiger partial charge in [0.25, 0.3) is 0 Å². The van der Waals surface area contributed by atoms with E-state index in [-0.39, 0.29) is 0 Å². The van der Waals surface area contributed by atoms with Gasteiger partial charge in [-0.1, -0.05) is 45.4 Å². The van der Waals surface area contributed by atoms with Gasteiger partial charge in [0.2, 0.25) is 0 Å². The third kappa shape index (κ3) is 4.24. The Morgan fingerprint density at radius 2 is 2.05 bits per heavy atom. The van der Waals surface area contributed by atoms with E-state index in [1.807, 2.05) is 0 Å². The third-order valence-electron chi connectivity index (χ3n) is 3.87. The topological polar surface area (TPSA) is 21.3 Å². The monoisotopic (exact) mass is 261 g/mol. The summed E-state index contributed by atoms with van der Waals surface area (Å²) in [4.78, 5) is 0. The Kier molecular flexibility index (Phi) is 5.26. The summed E-state index contributed by atoms with van der Waals surface area (Å²) in [7, 11) is 0. The van der Waals surface area contributed by atoms with Crippen LogP contribution in [0.2, 0.25) is 0 Å². The average Bonchev–Trinajstić information content (AvgIpc) is 2.79. The molecule has 0 spiro atoms. The molecule has 1 aliphatic heterocycles. The molecular formula is C17H27NO. The summed E-state index contributed by atoms with van der Waals surface area (Å²) in [6.07, 6.45) is 3.84. The summed E-state index contributed by atoms with van der Waals surface area (Å²) < 4.78 is 6.04. The maximum absolute atomic E-state index is 6.04. The van der Waals surface area contributed by atoms with Gasteiger partial charge in [0, 0.05) is 6.42 Å². The van der Waals surface area contributed by atoms with Gasteiger partial charge in [0.05, 0.1) is 0 Å². The molecule has 0 aliphatic carbocycles. The fourth-order valence-electron chi connectivity index (χ4n) is 2.73. The Morgan fingerprint density at radius 1 is 1.26 bits per heavy atom. The van der Waals surface area contributed by atoms with Crippen molar-refractivity contribution in [3.8, 4) is 5.75 Å². The number of hydrogen-bond donors (Lipinski definition) is 1. The molecule has 1 aromatic rings. The summed E-state index contributed by atoms with van der Waals surface area (Å²) in [5, 5.41) is 3.58. The van der Waals surface area contributed by atoms with E-state index in [2.05, 4.69) is 50.4 Å². The van der Waals surface area contributed by atoms with Gasteiger partial charge in [0.1, 0.15) is 11.9 Å². The largest absolute Gasteiger partial charge is 0.490 e. The van der Waals surface area contributed by atoms with Crippen LogP contribution in [0.15, 0.2) is 24.3 Å². The van der Waals surface area contributed by atoms with Crippen LogP contribution in [0.4, 0.5) is 0 Å². The first-order chi connectivity index (χ1) is 9.19. The molecule has 0 bridgehead atoms. The van der Waals surface area contributed by atoms with Crippen molar-refractivity contribution in [1.82, 2.24) is 5.32 Å². The predicted molar refractivity (Wildman–Crippen MR) is 80.7 cm³/mol. The summed E-state index contributed by atoms with van der Waals surface area (Å²) in [6, 6.07) is 8.44. The predicted octanol–water partition coefficient (Wildman–Crippen LogP) is 3.65. The lowest BCUT2D eigenvalue weighted by molar-refractivity contribution is 0.189. The van der Waals surface area contributed by atoms with Gasteiger partial charge >= 0.3 is 0 Å². The fraction of sp³-hybridized carbons (Fsp3) is 0.647. The number of nitrogens with one attached hydrogen (secondary N) is 1. The molecule has 2 unspecified atom stereocenters. The Labute approximate surface area is 117 Å². The smallest absolute Gasteiger partial charge is 0.123 e. The summed E-state index contributed by atoms with van der Waals surface area (Å²) in [5.74, 6) is 2.54. The van der Waals surface area contributed by atoms with E-state index in [1.165, 1.54) is 12.0 Å². The minimum atomic E-state index is 0.378. The second-order valence-corrected chi connectivity index (χ2v) is 6.11. The Bertz CT molecular complexity index is 364. The van der Waals surface area contributed by atoms with Crippen molar-refractivity contribution in [2.75, 3.05) is 13.1 Å². The molecule has 2 rings (SSSR count). The molecule has 2 heteroatoms. The number of hydrogen-bond acceptors (Lipinski definition) is 2. The van der Waals surface area contributed by atoms with Crippen molar-refractivity contribution in [3.05, 3.63) is 29.8 Å². The molecule has 0 aromatic heterocycles. The lowest BCUT2D eigenvalue weighted by atomic mass is 9.96. The van der Waals surface area contributed by atoms with E-state index in [9.17, 15) is 0 Å². The Balaban J connectivity index is 1.78. The normalized spacial score (nSPS) is 19.3. The fourth-order valence-corrected chi connectivity index (χ4v) is 2.73. The van der Waals surface area contributed by atoms with Gasteiger partial charge in [0.15, 0.2) is 0 Å². The van der Waals surface area contributed by atoms with Crippen LogP contribution in [-0.4, -0.2) is 19.2 Å². The van der Waals surface area contributed by atoms with Crippen LogP contribution >= 0.6 is 0 Å². The number of fused-ring (bicyclic) bond motifs is 1. The first-order valence-corrected chi connectivity index (χ1v) is 7.64. The van der Waals surface area contributed by atoms with Gasteiger partial charge < -0.3 is 10.1 Å².